The molecule has 5 nitrogen and oxygen atoms in total. The second-order valence-corrected chi connectivity index (χ2v) is 6.08. The third kappa shape index (κ3) is 1.61. The number of fused-ring (bicyclic) bond motifs is 1. The van der Waals surface area contributed by atoms with Crippen molar-refractivity contribution >= 4 is 29.2 Å². The second-order valence-electron chi connectivity index (χ2n) is 5.64. The lowest BCUT2D eigenvalue weighted by Crippen LogP contribution is -2.39. The fourth-order valence-electron chi connectivity index (χ4n) is 3.64. The molecular weight excluding hydrogens is 294 g/mol. The van der Waals surface area contributed by atoms with E-state index in [2.05, 4.69) is 0 Å². The molecule has 1 amide bonds. The number of benzene rings is 1. The number of hydrogen-bond acceptors (Lipinski definition) is 3. The molecule has 6 heteroatoms. The highest BCUT2D eigenvalue weighted by Gasteiger charge is 2.67. The molecule has 0 aliphatic carbocycles. The number of amides is 1. The number of carbonyl (C=O) groups is 2. The Morgan fingerprint density at radius 2 is 2.29 bits per heavy atom. The lowest BCUT2D eigenvalue weighted by molar-refractivity contribution is -0.146. The van der Waals surface area contributed by atoms with E-state index < -0.39 is 29.5 Å². The van der Waals surface area contributed by atoms with Crippen LogP contribution in [0.4, 0.5) is 5.69 Å². The molecule has 1 N–H and O–H groups in total. The fraction of sp³-hybridized carbons (Fsp3) is 0.333. The highest BCUT2D eigenvalue weighted by atomic mass is 35.5. The molecule has 1 aromatic rings. The summed E-state index contributed by atoms with van der Waals surface area (Å²) >= 11 is 5.97. The maximum atomic E-state index is 12.7. The molecular formula is C15H12ClNO4. The van der Waals surface area contributed by atoms with Gasteiger partial charge in [0.25, 0.3) is 0 Å². The Morgan fingerprint density at radius 1 is 1.48 bits per heavy atom. The van der Waals surface area contributed by atoms with Gasteiger partial charge < -0.3 is 14.7 Å². The third-order valence-corrected chi connectivity index (χ3v) is 4.74. The van der Waals surface area contributed by atoms with E-state index in [0.29, 0.717) is 17.3 Å². The maximum absolute atomic E-state index is 12.7. The molecule has 108 valence electrons. The van der Waals surface area contributed by atoms with Gasteiger partial charge in [0.2, 0.25) is 5.91 Å². The first-order valence-electron chi connectivity index (χ1n) is 6.69. The number of rotatable bonds is 2. The summed E-state index contributed by atoms with van der Waals surface area (Å²) in [7, 11) is 0. The Bertz CT molecular complexity index is 688. The van der Waals surface area contributed by atoms with E-state index in [-0.39, 0.29) is 5.91 Å². The van der Waals surface area contributed by atoms with Crippen LogP contribution in [0.15, 0.2) is 36.4 Å². The molecule has 0 unspecified atom stereocenters. The number of nitrogens with zero attached hydrogens (tertiary/aromatic N) is 1. The van der Waals surface area contributed by atoms with Crippen molar-refractivity contribution in [2.75, 3.05) is 11.4 Å². The Hall–Kier alpha value is -1.85. The first-order valence-corrected chi connectivity index (χ1v) is 7.07. The summed E-state index contributed by atoms with van der Waals surface area (Å²) in [5, 5.41) is 9.92. The van der Waals surface area contributed by atoms with E-state index in [1.54, 1.807) is 35.2 Å². The van der Waals surface area contributed by atoms with Gasteiger partial charge in [-0.25, -0.2) is 0 Å². The molecule has 3 aliphatic heterocycles. The smallest absolute Gasteiger partial charge is 0.310 e. The van der Waals surface area contributed by atoms with Crippen LogP contribution in [0.1, 0.15) is 0 Å². The number of ether oxygens (including phenoxy) is 1. The van der Waals surface area contributed by atoms with Gasteiger partial charge in [0.15, 0.2) is 0 Å². The molecule has 0 aromatic heterocycles. The zero-order valence-electron chi connectivity index (χ0n) is 10.9. The van der Waals surface area contributed by atoms with Crippen LogP contribution >= 0.6 is 11.6 Å². The van der Waals surface area contributed by atoms with Crippen molar-refractivity contribution in [2.45, 2.75) is 11.7 Å². The lowest BCUT2D eigenvalue weighted by atomic mass is 9.77. The number of anilines is 1. The quantitative estimate of drug-likeness (QED) is 0.845. The first kappa shape index (κ1) is 12.9. The fourth-order valence-corrected chi connectivity index (χ4v) is 3.83. The normalized spacial score (nSPS) is 36.3. The van der Waals surface area contributed by atoms with Crippen LogP contribution in [0.2, 0.25) is 5.02 Å². The minimum Gasteiger partial charge on any atom is -0.481 e. The summed E-state index contributed by atoms with van der Waals surface area (Å²) in [5.74, 6) is -2.68. The summed E-state index contributed by atoms with van der Waals surface area (Å²) in [6.07, 6.45) is 3.09. The molecule has 2 bridgehead atoms. The average molecular weight is 306 g/mol. The number of carbonyl (C=O) groups excluding carboxylic acids is 1. The molecule has 1 spiro atoms. The maximum Gasteiger partial charge on any atom is 0.310 e. The monoisotopic (exact) mass is 305 g/mol. The van der Waals surface area contributed by atoms with Crippen LogP contribution in [0.5, 0.6) is 0 Å². The van der Waals surface area contributed by atoms with Gasteiger partial charge in [-0.15, -0.1) is 0 Å². The van der Waals surface area contributed by atoms with E-state index >= 15 is 0 Å². The van der Waals surface area contributed by atoms with E-state index in [1.807, 2.05) is 6.08 Å². The lowest BCUT2D eigenvalue weighted by Gasteiger charge is -2.21. The highest BCUT2D eigenvalue weighted by Crippen LogP contribution is 2.52. The van der Waals surface area contributed by atoms with E-state index in [1.165, 1.54) is 0 Å². The Balaban J connectivity index is 1.75. The van der Waals surface area contributed by atoms with Crippen molar-refractivity contribution in [1.29, 1.82) is 0 Å². The third-order valence-electron chi connectivity index (χ3n) is 4.51. The minimum atomic E-state index is -0.988. The van der Waals surface area contributed by atoms with Gasteiger partial charge in [-0.05, 0) is 18.2 Å². The predicted octanol–water partition coefficient (Wildman–Crippen LogP) is 1.71. The molecule has 4 atom stereocenters. The van der Waals surface area contributed by atoms with Crippen LogP contribution < -0.4 is 4.90 Å². The minimum absolute atomic E-state index is 0.212. The second kappa shape index (κ2) is 4.08. The van der Waals surface area contributed by atoms with Crippen molar-refractivity contribution in [3.8, 4) is 0 Å². The van der Waals surface area contributed by atoms with Crippen LogP contribution in [0.25, 0.3) is 0 Å². The number of aliphatic carboxylic acids is 1. The van der Waals surface area contributed by atoms with Gasteiger partial charge in [-0.1, -0.05) is 29.8 Å². The topological polar surface area (TPSA) is 66.8 Å². The summed E-state index contributed by atoms with van der Waals surface area (Å²) < 4.78 is 5.82. The number of halogens is 1. The van der Waals surface area contributed by atoms with E-state index in [0.717, 1.165) is 0 Å². The van der Waals surface area contributed by atoms with Crippen LogP contribution in [-0.4, -0.2) is 35.2 Å². The van der Waals surface area contributed by atoms with Crippen molar-refractivity contribution in [3.05, 3.63) is 41.4 Å². The standard InChI is InChI=1S/C15H12ClNO4/c16-8-2-1-3-9(6-8)17-7-15-5-4-10(21-15)11(14(19)20)12(15)13(17)18/h1-6,10-12H,7H2,(H,19,20)/t10-,11+,12-,15+/m0/s1. The van der Waals surface area contributed by atoms with Crippen LogP contribution in [-0.2, 0) is 14.3 Å². The highest BCUT2D eigenvalue weighted by molar-refractivity contribution is 6.31. The number of hydrogen-bond donors (Lipinski definition) is 1. The van der Waals surface area contributed by atoms with Gasteiger partial charge in [0.05, 0.1) is 18.6 Å². The molecule has 2 fully saturated rings. The number of carboxylic acids is 1. The average Bonchev–Trinajstić information content (AvgIpc) is 3.07. The zero-order valence-corrected chi connectivity index (χ0v) is 11.7. The van der Waals surface area contributed by atoms with Gasteiger partial charge in [0, 0.05) is 10.7 Å². The van der Waals surface area contributed by atoms with Gasteiger partial charge in [0.1, 0.15) is 11.5 Å². The van der Waals surface area contributed by atoms with Crippen molar-refractivity contribution in [2.24, 2.45) is 11.8 Å². The van der Waals surface area contributed by atoms with Crippen molar-refractivity contribution < 1.29 is 19.4 Å². The molecule has 2 saturated heterocycles. The van der Waals surface area contributed by atoms with E-state index in [9.17, 15) is 14.7 Å². The van der Waals surface area contributed by atoms with Crippen molar-refractivity contribution in [3.63, 3.8) is 0 Å². The van der Waals surface area contributed by atoms with Crippen LogP contribution in [0.3, 0.4) is 0 Å². The molecule has 0 saturated carbocycles. The van der Waals surface area contributed by atoms with Crippen LogP contribution in [0, 0.1) is 11.8 Å². The van der Waals surface area contributed by atoms with Gasteiger partial charge in [-0.3, -0.25) is 9.59 Å². The Kier molecular flexibility index (Phi) is 2.50. The van der Waals surface area contributed by atoms with Gasteiger partial charge >= 0.3 is 5.97 Å². The first-order chi connectivity index (χ1) is 10.0. The van der Waals surface area contributed by atoms with Crippen molar-refractivity contribution in [1.82, 2.24) is 0 Å². The Morgan fingerprint density at radius 3 is 3.00 bits per heavy atom. The summed E-state index contributed by atoms with van der Waals surface area (Å²) in [6, 6.07) is 6.97. The molecule has 3 heterocycles. The summed E-state index contributed by atoms with van der Waals surface area (Å²) in [5.41, 5.74) is -0.145. The molecule has 4 rings (SSSR count). The predicted molar refractivity (Wildman–Crippen MR) is 75.2 cm³/mol. The molecule has 21 heavy (non-hydrogen) atoms. The molecule has 3 aliphatic rings. The van der Waals surface area contributed by atoms with Gasteiger partial charge in [-0.2, -0.15) is 0 Å². The largest absolute Gasteiger partial charge is 0.481 e. The molecule has 0 radical (unpaired) electrons. The van der Waals surface area contributed by atoms with E-state index in [4.69, 9.17) is 16.3 Å². The number of carboxylic acid groups (broad SMARTS) is 1. The summed E-state index contributed by atoms with van der Waals surface area (Å²) in [4.78, 5) is 25.7. The molecule has 1 aromatic carbocycles. The zero-order chi connectivity index (χ0) is 14.8. The SMILES string of the molecule is O=C(O)[C@@H]1[C@@H]2C=C[C@]3(CN(c4cccc(Cl)c4)C(=O)[C@H]13)O2. The summed E-state index contributed by atoms with van der Waals surface area (Å²) in [6.45, 7) is 0.327. The Labute approximate surface area is 125 Å².